The molecule has 3 nitrogen and oxygen atoms in total. The Balaban J connectivity index is 1.12. The van der Waals surface area contributed by atoms with Gasteiger partial charge in [-0.1, -0.05) is 71.8 Å². The fraction of sp³-hybridized carbons (Fsp3) is 0.206. The van der Waals surface area contributed by atoms with Gasteiger partial charge in [-0.2, -0.15) is 0 Å². The first-order valence-electron chi connectivity index (χ1n) is 13.2. The van der Waals surface area contributed by atoms with Crippen LogP contribution in [0.4, 0.5) is 11.4 Å². The van der Waals surface area contributed by atoms with Crippen molar-refractivity contribution in [1.82, 2.24) is 0 Å². The molecule has 0 unspecified atom stereocenters. The average Bonchev–Trinajstić information content (AvgIpc) is 3.43. The molecule has 190 valence electrons. The van der Waals surface area contributed by atoms with E-state index in [0.29, 0.717) is 24.5 Å². The summed E-state index contributed by atoms with van der Waals surface area (Å²) in [5.74, 6) is 1.85. The number of benzene rings is 4. The number of allylic oxidation sites excluding steroid dienone is 2. The Hall–Kier alpha value is -3.63. The molecule has 3 atom stereocenters. The van der Waals surface area contributed by atoms with E-state index in [0.717, 1.165) is 33.5 Å². The maximum atomic E-state index is 6.01. The third-order valence-electron chi connectivity index (χ3n) is 7.60. The van der Waals surface area contributed by atoms with Crippen LogP contribution in [0.2, 0.25) is 0 Å². The molecule has 1 aliphatic heterocycles. The molecule has 0 aromatic heterocycles. The van der Waals surface area contributed by atoms with E-state index in [9.17, 15) is 0 Å². The molecule has 2 aliphatic rings. The lowest BCUT2D eigenvalue weighted by Gasteiger charge is -2.37. The topological polar surface area (TPSA) is 33.6 Å². The van der Waals surface area contributed by atoms with Crippen molar-refractivity contribution in [2.24, 2.45) is 10.9 Å². The smallest absolute Gasteiger partial charge is 0.134 e. The lowest BCUT2D eigenvalue weighted by molar-refractivity contribution is 0.304. The normalized spacial score (nSPS) is 19.7. The highest BCUT2D eigenvalue weighted by Gasteiger charge is 2.37. The van der Waals surface area contributed by atoms with Crippen molar-refractivity contribution in [2.45, 2.75) is 38.8 Å². The Bertz CT molecular complexity index is 1510. The summed E-state index contributed by atoms with van der Waals surface area (Å²) < 4.78 is 6.93. The summed E-state index contributed by atoms with van der Waals surface area (Å²) in [5, 5.41) is 3.83. The van der Waals surface area contributed by atoms with Crippen molar-refractivity contribution >= 4 is 33.5 Å². The molecule has 0 saturated heterocycles. The van der Waals surface area contributed by atoms with Crippen molar-refractivity contribution in [3.8, 4) is 5.75 Å². The molecule has 1 N–H and O–H groups in total. The van der Waals surface area contributed by atoms with E-state index in [1.165, 1.54) is 27.9 Å². The van der Waals surface area contributed by atoms with Gasteiger partial charge in [0, 0.05) is 17.8 Å². The maximum absolute atomic E-state index is 6.01. The summed E-state index contributed by atoms with van der Waals surface area (Å²) >= 11 is 3.65. The van der Waals surface area contributed by atoms with Gasteiger partial charge in [-0.15, -0.1) is 0 Å². The van der Waals surface area contributed by atoms with E-state index < -0.39 is 0 Å². The van der Waals surface area contributed by atoms with Gasteiger partial charge in [0.1, 0.15) is 12.4 Å². The number of nitrogens with zero attached hydrogens (tertiary/aromatic N) is 1. The SMILES string of the molecule is Cc1ccc(COc2ccc(C=Nc3ccc([C@@H]4Nc5ccc(C)cc5[C@@H]5C=CC[C@H]54)cc3)cc2Br)cc1. The number of anilines is 1. The van der Waals surface area contributed by atoms with Gasteiger partial charge in [0.2, 0.25) is 0 Å². The van der Waals surface area contributed by atoms with Crippen LogP contribution in [0.25, 0.3) is 0 Å². The summed E-state index contributed by atoms with van der Waals surface area (Å²) in [6.07, 6.45) is 7.75. The lowest BCUT2D eigenvalue weighted by atomic mass is 9.76. The van der Waals surface area contributed by atoms with Gasteiger partial charge in [0.25, 0.3) is 0 Å². The summed E-state index contributed by atoms with van der Waals surface area (Å²) in [6, 6.07) is 30.2. The second-order valence-corrected chi connectivity index (χ2v) is 11.2. The minimum Gasteiger partial charge on any atom is -0.488 e. The first kappa shape index (κ1) is 24.7. The minimum absolute atomic E-state index is 0.298. The number of halogens is 1. The number of rotatable bonds is 6. The van der Waals surface area contributed by atoms with Crippen molar-refractivity contribution in [3.05, 3.63) is 135 Å². The van der Waals surface area contributed by atoms with Crippen molar-refractivity contribution in [2.75, 3.05) is 5.32 Å². The maximum Gasteiger partial charge on any atom is 0.134 e. The Morgan fingerprint density at radius 2 is 1.71 bits per heavy atom. The van der Waals surface area contributed by atoms with Crippen molar-refractivity contribution in [3.63, 3.8) is 0 Å². The largest absolute Gasteiger partial charge is 0.488 e. The molecule has 38 heavy (non-hydrogen) atoms. The molecule has 1 heterocycles. The fourth-order valence-corrected chi connectivity index (χ4v) is 6.03. The van der Waals surface area contributed by atoms with Crippen LogP contribution in [0, 0.1) is 19.8 Å². The zero-order valence-corrected chi connectivity index (χ0v) is 23.3. The number of fused-ring (bicyclic) bond motifs is 3. The predicted molar refractivity (Wildman–Crippen MR) is 161 cm³/mol. The van der Waals surface area contributed by atoms with Gasteiger partial charge in [0.15, 0.2) is 0 Å². The molecule has 1 aliphatic carbocycles. The summed E-state index contributed by atoms with van der Waals surface area (Å²) in [7, 11) is 0. The minimum atomic E-state index is 0.298. The summed E-state index contributed by atoms with van der Waals surface area (Å²) in [4.78, 5) is 4.73. The molecule has 0 spiro atoms. The number of nitrogens with one attached hydrogen (secondary N) is 1. The van der Waals surface area contributed by atoms with Crippen LogP contribution in [0.3, 0.4) is 0 Å². The highest BCUT2D eigenvalue weighted by atomic mass is 79.9. The summed E-state index contributed by atoms with van der Waals surface area (Å²) in [6.45, 7) is 4.80. The van der Waals surface area contributed by atoms with E-state index >= 15 is 0 Å². The van der Waals surface area contributed by atoms with Crippen LogP contribution in [0.15, 0.2) is 107 Å². The van der Waals surface area contributed by atoms with E-state index in [4.69, 9.17) is 9.73 Å². The number of aryl methyl sites for hydroxylation is 2. The molecular weight excluding hydrogens is 532 g/mol. The molecular formula is C34H31BrN2O. The lowest BCUT2D eigenvalue weighted by Crippen LogP contribution is -2.29. The van der Waals surface area contributed by atoms with Crippen LogP contribution in [0.5, 0.6) is 5.75 Å². The number of hydrogen-bond acceptors (Lipinski definition) is 3. The Labute approximate surface area is 233 Å². The predicted octanol–water partition coefficient (Wildman–Crippen LogP) is 9.22. The molecule has 4 heteroatoms. The Morgan fingerprint density at radius 1 is 0.921 bits per heavy atom. The fourth-order valence-electron chi connectivity index (χ4n) is 5.52. The monoisotopic (exact) mass is 562 g/mol. The molecule has 0 fully saturated rings. The number of ether oxygens (including phenoxy) is 1. The number of aliphatic imine (C=N–C) groups is 1. The Kier molecular flexibility index (Phi) is 6.90. The second-order valence-electron chi connectivity index (χ2n) is 10.4. The van der Waals surface area contributed by atoms with Crippen LogP contribution in [0.1, 0.15) is 51.8 Å². The molecule has 4 aromatic carbocycles. The van der Waals surface area contributed by atoms with Gasteiger partial charge < -0.3 is 10.1 Å². The van der Waals surface area contributed by atoms with E-state index in [-0.39, 0.29) is 0 Å². The van der Waals surface area contributed by atoms with Gasteiger partial charge in [0.05, 0.1) is 16.2 Å². The molecule has 0 saturated carbocycles. The zero-order valence-electron chi connectivity index (χ0n) is 21.7. The standard InChI is InChI=1S/C34H31BrN2O/c1-22-6-9-24(10-7-22)21-38-33-17-11-25(19-31(33)35)20-36-27-14-12-26(13-15-27)34-29-5-3-4-28(29)30-18-23(2)8-16-32(30)37-34/h3-4,6-20,28-29,34,37H,5,21H2,1-2H3/t28-,29-,34+/m1/s1. The molecule has 0 bridgehead atoms. The van der Waals surface area contributed by atoms with Crippen LogP contribution >= 0.6 is 15.9 Å². The van der Waals surface area contributed by atoms with Gasteiger partial charge >= 0.3 is 0 Å². The van der Waals surface area contributed by atoms with Crippen molar-refractivity contribution in [1.29, 1.82) is 0 Å². The molecule has 0 radical (unpaired) electrons. The third-order valence-corrected chi connectivity index (χ3v) is 8.22. The van der Waals surface area contributed by atoms with Gasteiger partial charge in [-0.3, -0.25) is 4.99 Å². The van der Waals surface area contributed by atoms with Crippen molar-refractivity contribution < 1.29 is 4.74 Å². The Morgan fingerprint density at radius 3 is 2.50 bits per heavy atom. The third kappa shape index (κ3) is 5.19. The molecule has 4 aromatic rings. The second kappa shape index (κ2) is 10.6. The zero-order chi connectivity index (χ0) is 26.1. The van der Waals surface area contributed by atoms with E-state index in [1.54, 1.807) is 0 Å². The van der Waals surface area contributed by atoms with Crippen LogP contribution in [-0.4, -0.2) is 6.21 Å². The van der Waals surface area contributed by atoms with Crippen LogP contribution in [-0.2, 0) is 6.61 Å². The quantitative estimate of drug-likeness (QED) is 0.187. The van der Waals surface area contributed by atoms with Gasteiger partial charge in [-0.05, 0) is 101 Å². The first-order chi connectivity index (χ1) is 18.5. The number of hydrogen-bond donors (Lipinski definition) is 1. The van der Waals surface area contributed by atoms with E-state index in [2.05, 4.69) is 114 Å². The van der Waals surface area contributed by atoms with Crippen LogP contribution < -0.4 is 10.1 Å². The molecule has 6 rings (SSSR count). The summed E-state index contributed by atoms with van der Waals surface area (Å²) in [5.41, 5.74) is 9.68. The van der Waals surface area contributed by atoms with Gasteiger partial charge in [-0.25, -0.2) is 0 Å². The highest BCUT2D eigenvalue weighted by Crippen LogP contribution is 2.50. The highest BCUT2D eigenvalue weighted by molar-refractivity contribution is 9.10. The first-order valence-corrected chi connectivity index (χ1v) is 14.0. The molecule has 0 amide bonds. The average molecular weight is 564 g/mol. The van der Waals surface area contributed by atoms with E-state index in [1.807, 2.05) is 24.4 Å².